The van der Waals surface area contributed by atoms with E-state index < -0.39 is 11.7 Å². The summed E-state index contributed by atoms with van der Waals surface area (Å²) in [7, 11) is 1.83. The fraction of sp³-hybridized carbons (Fsp3) is 0.438. The van der Waals surface area contributed by atoms with Gasteiger partial charge in [-0.05, 0) is 31.0 Å². The smallest absolute Gasteiger partial charge is 0.370 e. The van der Waals surface area contributed by atoms with Crippen LogP contribution in [0.3, 0.4) is 0 Å². The summed E-state index contributed by atoms with van der Waals surface area (Å²) in [5, 5.41) is 17.0. The first-order valence-electron chi connectivity index (χ1n) is 7.60. The van der Waals surface area contributed by atoms with E-state index in [1.54, 1.807) is 15.8 Å². The van der Waals surface area contributed by atoms with Crippen molar-refractivity contribution in [2.75, 3.05) is 18.0 Å². The number of aryl methyl sites for hydroxylation is 1. The Morgan fingerprint density at radius 3 is 2.75 bits per heavy atom. The number of hydrogen-bond donors (Lipinski definition) is 0. The second-order valence-electron chi connectivity index (χ2n) is 5.93. The van der Waals surface area contributed by atoms with Crippen LogP contribution in [0.15, 0.2) is 24.5 Å². The van der Waals surface area contributed by atoms with Gasteiger partial charge in [0.25, 0.3) is 0 Å². The Bertz CT molecular complexity index is 775. The van der Waals surface area contributed by atoms with E-state index in [1.165, 1.54) is 12.1 Å². The number of halogens is 3. The first-order chi connectivity index (χ1) is 11.4. The summed E-state index contributed by atoms with van der Waals surface area (Å²) in [5.74, 6) is 0.780. The quantitative estimate of drug-likeness (QED) is 0.846. The first kappa shape index (κ1) is 16.3. The van der Waals surface area contributed by atoms with Crippen LogP contribution in [0.5, 0.6) is 0 Å². The van der Waals surface area contributed by atoms with Crippen LogP contribution >= 0.6 is 0 Å². The van der Waals surface area contributed by atoms with Crippen LogP contribution in [0.2, 0.25) is 0 Å². The molecule has 1 aliphatic heterocycles. The zero-order chi connectivity index (χ0) is 17.3. The van der Waals surface area contributed by atoms with Gasteiger partial charge in [0.2, 0.25) is 0 Å². The Hall–Kier alpha value is -2.56. The van der Waals surface area contributed by atoms with E-state index in [2.05, 4.69) is 10.2 Å². The average molecular weight is 335 g/mol. The zero-order valence-electron chi connectivity index (χ0n) is 13.1. The summed E-state index contributed by atoms with van der Waals surface area (Å²) in [6, 6.07) is 5.42. The standard InChI is InChI=1S/C16H16F3N5/c1-23-10-21-22-15(23)12-3-2-6-24(9-12)14-7-11(8-20)4-5-13(14)16(17,18)19/h4-5,7,10,12H,2-3,6,9H2,1H3. The lowest BCUT2D eigenvalue weighted by Crippen LogP contribution is -2.36. The number of alkyl halides is 3. The van der Waals surface area contributed by atoms with Crippen LogP contribution in [-0.4, -0.2) is 27.9 Å². The van der Waals surface area contributed by atoms with Gasteiger partial charge in [-0.1, -0.05) is 0 Å². The van der Waals surface area contributed by atoms with Gasteiger partial charge in [0.05, 0.1) is 22.9 Å². The number of benzene rings is 1. The normalized spacial score (nSPS) is 18.5. The highest BCUT2D eigenvalue weighted by molar-refractivity contribution is 5.59. The highest BCUT2D eigenvalue weighted by Crippen LogP contribution is 2.39. The number of nitrogens with zero attached hydrogens (tertiary/aromatic N) is 5. The van der Waals surface area contributed by atoms with Crippen LogP contribution in [0.25, 0.3) is 0 Å². The molecule has 1 saturated heterocycles. The number of nitriles is 1. The van der Waals surface area contributed by atoms with Crippen molar-refractivity contribution in [1.29, 1.82) is 5.26 Å². The molecule has 1 aromatic carbocycles. The molecule has 0 saturated carbocycles. The van der Waals surface area contributed by atoms with E-state index in [0.29, 0.717) is 13.1 Å². The number of piperidine rings is 1. The molecule has 3 rings (SSSR count). The van der Waals surface area contributed by atoms with E-state index in [0.717, 1.165) is 24.7 Å². The molecule has 2 heterocycles. The lowest BCUT2D eigenvalue weighted by atomic mass is 9.95. The minimum Gasteiger partial charge on any atom is -0.370 e. The predicted molar refractivity (Wildman–Crippen MR) is 81.4 cm³/mol. The fourth-order valence-electron chi connectivity index (χ4n) is 3.17. The number of anilines is 1. The fourth-order valence-corrected chi connectivity index (χ4v) is 3.17. The largest absolute Gasteiger partial charge is 0.418 e. The summed E-state index contributed by atoms with van der Waals surface area (Å²) in [5.41, 5.74) is -0.424. The molecular formula is C16H16F3N5. The van der Waals surface area contributed by atoms with E-state index in [1.807, 2.05) is 13.1 Å². The Balaban J connectivity index is 1.96. The summed E-state index contributed by atoms with van der Waals surface area (Å²) in [6.45, 7) is 0.941. The average Bonchev–Trinajstić information content (AvgIpc) is 2.99. The number of aromatic nitrogens is 3. The van der Waals surface area contributed by atoms with Crippen molar-refractivity contribution in [1.82, 2.24) is 14.8 Å². The van der Waals surface area contributed by atoms with Gasteiger partial charge in [-0.15, -0.1) is 10.2 Å². The lowest BCUT2D eigenvalue weighted by molar-refractivity contribution is -0.137. The zero-order valence-corrected chi connectivity index (χ0v) is 13.1. The Kier molecular flexibility index (Phi) is 4.18. The van der Waals surface area contributed by atoms with Gasteiger partial charge < -0.3 is 9.47 Å². The molecule has 0 aliphatic carbocycles. The van der Waals surface area contributed by atoms with Crippen molar-refractivity contribution >= 4 is 5.69 Å². The maximum atomic E-state index is 13.3. The summed E-state index contributed by atoms with van der Waals surface area (Å²) >= 11 is 0. The van der Waals surface area contributed by atoms with Crippen LogP contribution < -0.4 is 4.90 Å². The SMILES string of the molecule is Cn1cnnc1C1CCCN(c2cc(C#N)ccc2C(F)(F)F)C1. The van der Waals surface area contributed by atoms with E-state index in [9.17, 15) is 13.2 Å². The molecule has 1 atom stereocenters. The molecule has 0 amide bonds. The second-order valence-corrected chi connectivity index (χ2v) is 5.93. The highest BCUT2D eigenvalue weighted by atomic mass is 19.4. The predicted octanol–water partition coefficient (Wildman–Crippen LogP) is 3.09. The molecule has 0 radical (unpaired) electrons. The van der Waals surface area contributed by atoms with Crippen molar-refractivity contribution in [3.63, 3.8) is 0 Å². The maximum Gasteiger partial charge on any atom is 0.418 e. The molecule has 1 unspecified atom stereocenters. The molecule has 24 heavy (non-hydrogen) atoms. The third kappa shape index (κ3) is 3.07. The highest BCUT2D eigenvalue weighted by Gasteiger charge is 2.36. The van der Waals surface area contributed by atoms with E-state index >= 15 is 0 Å². The second kappa shape index (κ2) is 6.15. The van der Waals surface area contributed by atoms with E-state index in [4.69, 9.17) is 5.26 Å². The van der Waals surface area contributed by atoms with Crippen molar-refractivity contribution < 1.29 is 13.2 Å². The molecule has 0 bridgehead atoms. The van der Waals surface area contributed by atoms with Crippen molar-refractivity contribution in [3.8, 4) is 6.07 Å². The molecule has 1 fully saturated rings. The molecular weight excluding hydrogens is 319 g/mol. The minimum absolute atomic E-state index is 0.0121. The number of rotatable bonds is 2. The van der Waals surface area contributed by atoms with Crippen molar-refractivity contribution in [2.45, 2.75) is 24.9 Å². The molecule has 0 N–H and O–H groups in total. The van der Waals surface area contributed by atoms with Gasteiger partial charge in [-0.25, -0.2) is 0 Å². The van der Waals surface area contributed by atoms with Crippen LogP contribution in [-0.2, 0) is 13.2 Å². The van der Waals surface area contributed by atoms with Crippen LogP contribution in [0.4, 0.5) is 18.9 Å². The van der Waals surface area contributed by atoms with Crippen molar-refractivity contribution in [2.24, 2.45) is 7.05 Å². The third-order valence-corrected chi connectivity index (χ3v) is 4.31. The third-order valence-electron chi connectivity index (χ3n) is 4.31. The molecule has 1 aliphatic rings. The number of hydrogen-bond acceptors (Lipinski definition) is 4. The van der Waals surface area contributed by atoms with Gasteiger partial charge in [0.1, 0.15) is 12.2 Å². The molecule has 5 nitrogen and oxygen atoms in total. The van der Waals surface area contributed by atoms with E-state index in [-0.39, 0.29) is 17.2 Å². The lowest BCUT2D eigenvalue weighted by Gasteiger charge is -2.35. The first-order valence-corrected chi connectivity index (χ1v) is 7.60. The van der Waals surface area contributed by atoms with Gasteiger partial charge in [0, 0.05) is 26.1 Å². The molecule has 2 aromatic rings. The Morgan fingerprint density at radius 2 is 2.12 bits per heavy atom. The molecule has 8 heteroatoms. The Morgan fingerprint density at radius 1 is 1.33 bits per heavy atom. The van der Waals surface area contributed by atoms with Gasteiger partial charge in [-0.3, -0.25) is 0 Å². The van der Waals surface area contributed by atoms with Gasteiger partial charge >= 0.3 is 6.18 Å². The summed E-state index contributed by atoms with van der Waals surface area (Å²) in [6.07, 6.45) is -1.26. The topological polar surface area (TPSA) is 57.7 Å². The monoisotopic (exact) mass is 335 g/mol. The summed E-state index contributed by atoms with van der Waals surface area (Å²) in [4.78, 5) is 1.70. The maximum absolute atomic E-state index is 13.3. The molecule has 1 aromatic heterocycles. The summed E-state index contributed by atoms with van der Waals surface area (Å²) < 4.78 is 41.8. The molecule has 0 spiro atoms. The minimum atomic E-state index is -4.46. The Labute approximate surface area is 137 Å². The van der Waals surface area contributed by atoms with Crippen LogP contribution in [0.1, 0.15) is 35.7 Å². The van der Waals surface area contributed by atoms with Crippen LogP contribution in [0, 0.1) is 11.3 Å². The molecule has 126 valence electrons. The van der Waals surface area contributed by atoms with Gasteiger partial charge in [-0.2, -0.15) is 18.4 Å². The van der Waals surface area contributed by atoms with Crippen molar-refractivity contribution in [3.05, 3.63) is 41.5 Å². The van der Waals surface area contributed by atoms with Gasteiger partial charge in [0.15, 0.2) is 0 Å².